The number of carbonyl (C=O) groups is 1. The van der Waals surface area contributed by atoms with Crippen molar-refractivity contribution >= 4 is 5.91 Å². The third-order valence-corrected chi connectivity index (χ3v) is 1.97. The van der Waals surface area contributed by atoms with E-state index in [0.717, 1.165) is 6.54 Å². The molecule has 4 nitrogen and oxygen atoms in total. The van der Waals surface area contributed by atoms with Crippen LogP contribution in [0.3, 0.4) is 0 Å². The van der Waals surface area contributed by atoms with Crippen molar-refractivity contribution in [2.45, 2.75) is 32.9 Å². The van der Waals surface area contributed by atoms with E-state index >= 15 is 0 Å². The van der Waals surface area contributed by atoms with E-state index in [0.29, 0.717) is 13.0 Å². The van der Waals surface area contributed by atoms with Crippen molar-refractivity contribution in [2.24, 2.45) is 0 Å². The summed E-state index contributed by atoms with van der Waals surface area (Å²) < 4.78 is 0. The molecule has 1 aromatic heterocycles. The van der Waals surface area contributed by atoms with E-state index in [9.17, 15) is 4.79 Å². The van der Waals surface area contributed by atoms with Crippen LogP contribution in [0.25, 0.3) is 0 Å². The van der Waals surface area contributed by atoms with Crippen LogP contribution in [0.15, 0.2) is 18.5 Å². The Bertz CT molecular complexity index is 280. The minimum Gasteiger partial charge on any atom is -0.367 e. The SMILES string of the molecule is CC(C)NC(=O)CCNCc1cc[nH]c1. The fraction of sp³-hybridized carbons (Fsp3) is 0.545. The second-order valence-electron chi connectivity index (χ2n) is 3.87. The maximum atomic E-state index is 11.3. The number of H-pyrrole nitrogens is 1. The van der Waals surface area contributed by atoms with Crippen molar-refractivity contribution in [2.75, 3.05) is 6.54 Å². The Hall–Kier alpha value is -1.29. The van der Waals surface area contributed by atoms with Gasteiger partial charge in [0.15, 0.2) is 0 Å². The highest BCUT2D eigenvalue weighted by Gasteiger charge is 2.01. The van der Waals surface area contributed by atoms with Gasteiger partial charge in [-0.1, -0.05) is 0 Å². The first-order valence-electron chi connectivity index (χ1n) is 5.30. The van der Waals surface area contributed by atoms with Gasteiger partial charge in [0, 0.05) is 37.9 Å². The molecule has 0 fully saturated rings. The largest absolute Gasteiger partial charge is 0.367 e. The number of rotatable bonds is 6. The zero-order valence-electron chi connectivity index (χ0n) is 9.34. The van der Waals surface area contributed by atoms with Gasteiger partial charge in [-0.05, 0) is 25.5 Å². The summed E-state index contributed by atoms with van der Waals surface area (Å²) in [6.45, 7) is 5.44. The molecule has 0 spiro atoms. The van der Waals surface area contributed by atoms with Gasteiger partial charge in [0.1, 0.15) is 0 Å². The van der Waals surface area contributed by atoms with Gasteiger partial charge < -0.3 is 15.6 Å². The summed E-state index contributed by atoms with van der Waals surface area (Å²) in [6, 6.07) is 2.24. The van der Waals surface area contributed by atoms with Crippen molar-refractivity contribution in [3.05, 3.63) is 24.0 Å². The van der Waals surface area contributed by atoms with Crippen LogP contribution in [0.4, 0.5) is 0 Å². The van der Waals surface area contributed by atoms with Crippen LogP contribution in [0.1, 0.15) is 25.8 Å². The summed E-state index contributed by atoms with van der Waals surface area (Å²) >= 11 is 0. The maximum absolute atomic E-state index is 11.3. The summed E-state index contributed by atoms with van der Waals surface area (Å²) in [4.78, 5) is 14.2. The Morgan fingerprint density at radius 2 is 2.33 bits per heavy atom. The summed E-state index contributed by atoms with van der Waals surface area (Å²) in [7, 11) is 0. The number of aromatic amines is 1. The van der Waals surface area contributed by atoms with Gasteiger partial charge >= 0.3 is 0 Å². The van der Waals surface area contributed by atoms with E-state index < -0.39 is 0 Å². The van der Waals surface area contributed by atoms with E-state index in [4.69, 9.17) is 0 Å². The zero-order valence-corrected chi connectivity index (χ0v) is 9.34. The number of carbonyl (C=O) groups excluding carboxylic acids is 1. The van der Waals surface area contributed by atoms with Crippen LogP contribution in [-0.2, 0) is 11.3 Å². The number of hydrogen-bond acceptors (Lipinski definition) is 2. The summed E-state index contributed by atoms with van der Waals surface area (Å²) in [5.74, 6) is 0.103. The number of aromatic nitrogens is 1. The van der Waals surface area contributed by atoms with E-state index in [1.54, 1.807) is 0 Å². The Morgan fingerprint density at radius 3 is 2.93 bits per heavy atom. The zero-order chi connectivity index (χ0) is 11.1. The van der Waals surface area contributed by atoms with E-state index in [-0.39, 0.29) is 11.9 Å². The molecule has 0 aromatic carbocycles. The van der Waals surface area contributed by atoms with Gasteiger partial charge in [0.05, 0.1) is 0 Å². The molecule has 15 heavy (non-hydrogen) atoms. The molecule has 0 unspecified atom stereocenters. The van der Waals surface area contributed by atoms with Crippen molar-refractivity contribution in [1.29, 1.82) is 0 Å². The summed E-state index contributed by atoms with van der Waals surface area (Å²) in [6.07, 6.45) is 4.37. The predicted molar refractivity (Wildman–Crippen MR) is 60.4 cm³/mol. The molecule has 1 heterocycles. The van der Waals surface area contributed by atoms with E-state index in [1.165, 1.54) is 5.56 Å². The highest BCUT2D eigenvalue weighted by atomic mass is 16.1. The third kappa shape index (κ3) is 5.22. The minimum atomic E-state index is 0.103. The molecule has 0 saturated heterocycles. The van der Waals surface area contributed by atoms with E-state index in [2.05, 4.69) is 15.6 Å². The van der Waals surface area contributed by atoms with Gasteiger partial charge in [-0.15, -0.1) is 0 Å². The fourth-order valence-corrected chi connectivity index (χ4v) is 1.30. The second-order valence-corrected chi connectivity index (χ2v) is 3.87. The normalized spacial score (nSPS) is 10.6. The van der Waals surface area contributed by atoms with Crippen molar-refractivity contribution < 1.29 is 4.79 Å². The topological polar surface area (TPSA) is 56.9 Å². The van der Waals surface area contributed by atoms with Crippen molar-refractivity contribution in [3.63, 3.8) is 0 Å². The van der Waals surface area contributed by atoms with Crippen LogP contribution in [0.5, 0.6) is 0 Å². The smallest absolute Gasteiger partial charge is 0.221 e. The number of amides is 1. The highest BCUT2D eigenvalue weighted by molar-refractivity contribution is 5.76. The highest BCUT2D eigenvalue weighted by Crippen LogP contribution is 1.94. The molecule has 3 N–H and O–H groups in total. The van der Waals surface area contributed by atoms with Gasteiger partial charge in [0.2, 0.25) is 5.91 Å². The van der Waals surface area contributed by atoms with Crippen LogP contribution in [0, 0.1) is 0 Å². The molecule has 0 bridgehead atoms. The molecule has 1 aromatic rings. The molecule has 0 aliphatic carbocycles. The number of nitrogens with one attached hydrogen (secondary N) is 3. The molecule has 0 radical (unpaired) electrons. The third-order valence-electron chi connectivity index (χ3n) is 1.97. The predicted octanol–water partition coefficient (Wildman–Crippen LogP) is 1.02. The maximum Gasteiger partial charge on any atom is 0.221 e. The quantitative estimate of drug-likeness (QED) is 0.613. The standard InChI is InChI=1S/C11H19N3O/c1-9(2)14-11(15)4-6-13-8-10-3-5-12-7-10/h3,5,7,9,12-13H,4,6,8H2,1-2H3,(H,14,15). The van der Waals surface area contributed by atoms with Crippen LogP contribution < -0.4 is 10.6 Å². The van der Waals surface area contributed by atoms with Crippen LogP contribution >= 0.6 is 0 Å². The molecule has 1 rings (SSSR count). The lowest BCUT2D eigenvalue weighted by Gasteiger charge is -2.08. The lowest BCUT2D eigenvalue weighted by molar-refractivity contribution is -0.121. The first-order chi connectivity index (χ1) is 7.18. The van der Waals surface area contributed by atoms with Gasteiger partial charge in [-0.25, -0.2) is 0 Å². The average molecular weight is 209 g/mol. The molecule has 0 aliphatic rings. The van der Waals surface area contributed by atoms with E-state index in [1.807, 2.05) is 32.3 Å². The average Bonchev–Trinajstić information content (AvgIpc) is 2.63. The summed E-state index contributed by atoms with van der Waals surface area (Å²) in [5.41, 5.74) is 1.21. The molecular formula is C11H19N3O. The van der Waals surface area contributed by atoms with Gasteiger partial charge in [-0.3, -0.25) is 4.79 Å². The first kappa shape index (κ1) is 11.8. The molecular weight excluding hydrogens is 190 g/mol. The molecule has 4 heteroatoms. The van der Waals surface area contributed by atoms with Crippen LogP contribution in [-0.4, -0.2) is 23.5 Å². The van der Waals surface area contributed by atoms with Gasteiger partial charge in [-0.2, -0.15) is 0 Å². The fourth-order valence-electron chi connectivity index (χ4n) is 1.30. The molecule has 0 saturated carbocycles. The first-order valence-corrected chi connectivity index (χ1v) is 5.30. The lowest BCUT2D eigenvalue weighted by atomic mass is 10.3. The number of hydrogen-bond donors (Lipinski definition) is 3. The Balaban J connectivity index is 2.04. The summed E-state index contributed by atoms with van der Waals surface area (Å²) in [5, 5.41) is 6.06. The van der Waals surface area contributed by atoms with Crippen molar-refractivity contribution in [3.8, 4) is 0 Å². The van der Waals surface area contributed by atoms with Gasteiger partial charge in [0.25, 0.3) is 0 Å². The lowest BCUT2D eigenvalue weighted by Crippen LogP contribution is -2.32. The Kier molecular flexibility index (Phi) is 4.90. The van der Waals surface area contributed by atoms with Crippen LogP contribution in [0.2, 0.25) is 0 Å². The van der Waals surface area contributed by atoms with Crippen molar-refractivity contribution in [1.82, 2.24) is 15.6 Å². The molecule has 0 aliphatic heterocycles. The molecule has 84 valence electrons. The second kappa shape index (κ2) is 6.24. The molecule has 0 atom stereocenters. The monoisotopic (exact) mass is 209 g/mol. The Morgan fingerprint density at radius 1 is 1.53 bits per heavy atom. The minimum absolute atomic E-state index is 0.103. The Labute approximate surface area is 90.5 Å². The molecule has 1 amide bonds.